The summed E-state index contributed by atoms with van der Waals surface area (Å²) in [6, 6.07) is -0.0699. The summed E-state index contributed by atoms with van der Waals surface area (Å²) >= 11 is 0. The lowest BCUT2D eigenvalue weighted by Gasteiger charge is -2.34. The first-order valence-electron chi connectivity index (χ1n) is 5.97. The van der Waals surface area contributed by atoms with E-state index in [-0.39, 0.29) is 17.7 Å². The summed E-state index contributed by atoms with van der Waals surface area (Å²) in [4.78, 5) is 13.5. The van der Waals surface area contributed by atoms with Crippen LogP contribution in [0.25, 0.3) is 0 Å². The summed E-state index contributed by atoms with van der Waals surface area (Å²) < 4.78 is 5.88. The van der Waals surface area contributed by atoms with Crippen LogP contribution in [-0.2, 0) is 4.74 Å². The molecule has 2 aliphatic rings. The minimum absolute atomic E-state index is 0.0358. The third-order valence-electron chi connectivity index (χ3n) is 3.32. The Morgan fingerprint density at radius 2 is 2.25 bits per heavy atom. The molecule has 2 saturated heterocycles. The molecule has 0 radical (unpaired) electrons. The van der Waals surface area contributed by atoms with Crippen LogP contribution in [0.2, 0.25) is 0 Å². The fourth-order valence-electron chi connectivity index (χ4n) is 2.43. The molecule has 0 saturated carbocycles. The molecule has 0 bridgehead atoms. The molecule has 92 valence electrons. The van der Waals surface area contributed by atoms with Gasteiger partial charge in [-0.05, 0) is 33.1 Å². The number of amides is 2. The van der Waals surface area contributed by atoms with Crippen LogP contribution in [0.3, 0.4) is 0 Å². The first-order valence-corrected chi connectivity index (χ1v) is 5.97. The Morgan fingerprint density at radius 1 is 1.50 bits per heavy atom. The van der Waals surface area contributed by atoms with E-state index in [1.54, 1.807) is 4.90 Å². The van der Waals surface area contributed by atoms with Crippen LogP contribution in [0.15, 0.2) is 0 Å². The fraction of sp³-hybridized carbons (Fsp3) is 0.909. The third kappa shape index (κ3) is 2.47. The van der Waals surface area contributed by atoms with Gasteiger partial charge >= 0.3 is 6.03 Å². The van der Waals surface area contributed by atoms with Crippen LogP contribution in [0.4, 0.5) is 4.79 Å². The van der Waals surface area contributed by atoms with Gasteiger partial charge in [0, 0.05) is 19.6 Å². The summed E-state index contributed by atoms with van der Waals surface area (Å²) in [5.74, 6) is 5.60. The van der Waals surface area contributed by atoms with E-state index in [0.717, 1.165) is 25.8 Å². The van der Waals surface area contributed by atoms with Crippen LogP contribution in [0, 0.1) is 0 Å². The Labute approximate surface area is 96.5 Å². The second-order valence-corrected chi connectivity index (χ2v) is 5.31. The van der Waals surface area contributed by atoms with E-state index in [0.29, 0.717) is 13.1 Å². The van der Waals surface area contributed by atoms with Crippen molar-refractivity contribution in [2.45, 2.75) is 44.8 Å². The van der Waals surface area contributed by atoms with Crippen molar-refractivity contribution in [1.82, 2.24) is 9.91 Å². The van der Waals surface area contributed by atoms with E-state index in [9.17, 15) is 4.79 Å². The van der Waals surface area contributed by atoms with Crippen LogP contribution < -0.4 is 5.84 Å². The topological polar surface area (TPSA) is 58.8 Å². The Balaban J connectivity index is 1.88. The Kier molecular flexibility index (Phi) is 3.08. The molecule has 2 amide bonds. The van der Waals surface area contributed by atoms with Crippen molar-refractivity contribution < 1.29 is 9.53 Å². The van der Waals surface area contributed by atoms with Gasteiger partial charge in [0.15, 0.2) is 0 Å². The Hall–Kier alpha value is -0.810. The molecule has 2 fully saturated rings. The number of carbonyl (C=O) groups excluding carboxylic acids is 1. The lowest BCUT2D eigenvalue weighted by atomic mass is 10.1. The molecule has 0 aromatic rings. The van der Waals surface area contributed by atoms with Gasteiger partial charge in [-0.25, -0.2) is 10.6 Å². The molecule has 0 aromatic carbocycles. The van der Waals surface area contributed by atoms with E-state index < -0.39 is 0 Å². The zero-order valence-electron chi connectivity index (χ0n) is 10.1. The molecule has 16 heavy (non-hydrogen) atoms. The van der Waals surface area contributed by atoms with E-state index in [1.165, 1.54) is 5.01 Å². The van der Waals surface area contributed by atoms with Crippen molar-refractivity contribution in [3.8, 4) is 0 Å². The second-order valence-electron chi connectivity index (χ2n) is 5.31. The molecule has 2 aliphatic heterocycles. The van der Waals surface area contributed by atoms with Gasteiger partial charge in [0.2, 0.25) is 0 Å². The molecule has 0 aromatic heterocycles. The largest absolute Gasteiger partial charge is 0.371 e. The molecular weight excluding hydrogens is 206 g/mol. The minimum Gasteiger partial charge on any atom is -0.371 e. The molecule has 2 N–H and O–H groups in total. The third-order valence-corrected chi connectivity index (χ3v) is 3.32. The number of hydrogen-bond acceptors (Lipinski definition) is 3. The molecular formula is C11H21N3O2. The van der Waals surface area contributed by atoms with Crippen molar-refractivity contribution in [1.29, 1.82) is 0 Å². The number of hydrogen-bond donors (Lipinski definition) is 1. The number of urea groups is 1. The number of nitrogens with two attached hydrogens (primary N) is 1. The van der Waals surface area contributed by atoms with Crippen LogP contribution in [0.5, 0.6) is 0 Å². The molecule has 2 heterocycles. The summed E-state index contributed by atoms with van der Waals surface area (Å²) in [6.07, 6.45) is 3.21. The molecule has 5 nitrogen and oxygen atoms in total. The summed E-state index contributed by atoms with van der Waals surface area (Å²) in [5.41, 5.74) is -0.0358. The molecule has 1 unspecified atom stereocenters. The molecule has 0 spiro atoms. The minimum atomic E-state index is -0.0699. The zero-order chi connectivity index (χ0) is 11.8. The average molecular weight is 227 g/mol. The maximum Gasteiger partial charge on any atom is 0.334 e. The quantitative estimate of drug-likeness (QED) is 0.564. The first kappa shape index (κ1) is 11.7. The summed E-state index contributed by atoms with van der Waals surface area (Å²) in [6.45, 7) is 6.33. The molecule has 1 atom stereocenters. The van der Waals surface area contributed by atoms with Gasteiger partial charge in [-0.3, -0.25) is 5.01 Å². The summed E-state index contributed by atoms with van der Waals surface area (Å²) in [5, 5.41) is 1.30. The van der Waals surface area contributed by atoms with Crippen molar-refractivity contribution in [2.75, 3.05) is 19.6 Å². The highest BCUT2D eigenvalue weighted by molar-refractivity contribution is 5.74. The van der Waals surface area contributed by atoms with Crippen LogP contribution >= 0.6 is 0 Å². The number of rotatable bonds is 2. The predicted octanol–water partition coefficient (Wildman–Crippen LogP) is 0.945. The SMILES string of the molecule is CC1(C)CCC(CN2CCCN(N)C2=O)O1. The standard InChI is InChI=1S/C11H21N3O2/c1-11(2)5-4-9(16-11)8-13-6-3-7-14(12)10(13)15/h9H,3-8,12H2,1-2H3. The Bertz CT molecular complexity index is 280. The van der Waals surface area contributed by atoms with Gasteiger partial charge in [0.25, 0.3) is 0 Å². The lowest BCUT2D eigenvalue weighted by molar-refractivity contribution is -0.0278. The van der Waals surface area contributed by atoms with Gasteiger partial charge in [-0.1, -0.05) is 0 Å². The van der Waals surface area contributed by atoms with Gasteiger partial charge in [0.1, 0.15) is 0 Å². The number of nitrogens with zero attached hydrogens (tertiary/aromatic N) is 2. The van der Waals surface area contributed by atoms with E-state index in [2.05, 4.69) is 13.8 Å². The monoisotopic (exact) mass is 227 g/mol. The van der Waals surface area contributed by atoms with Gasteiger partial charge in [0.05, 0.1) is 11.7 Å². The van der Waals surface area contributed by atoms with Crippen molar-refractivity contribution in [3.63, 3.8) is 0 Å². The maximum atomic E-state index is 11.7. The normalized spacial score (nSPS) is 29.9. The highest BCUT2D eigenvalue weighted by Gasteiger charge is 2.34. The van der Waals surface area contributed by atoms with Crippen molar-refractivity contribution in [3.05, 3.63) is 0 Å². The second kappa shape index (κ2) is 4.22. The number of carbonyl (C=O) groups is 1. The number of ether oxygens (including phenoxy) is 1. The van der Waals surface area contributed by atoms with E-state index >= 15 is 0 Å². The first-order chi connectivity index (χ1) is 7.48. The smallest absolute Gasteiger partial charge is 0.334 e. The number of hydrazine groups is 1. The summed E-state index contributed by atoms with van der Waals surface area (Å²) in [7, 11) is 0. The molecule has 2 rings (SSSR count). The van der Waals surface area contributed by atoms with Gasteiger partial charge < -0.3 is 9.64 Å². The average Bonchev–Trinajstić information content (AvgIpc) is 2.53. The van der Waals surface area contributed by atoms with Gasteiger partial charge in [-0.2, -0.15) is 0 Å². The lowest BCUT2D eigenvalue weighted by Crippen LogP contribution is -2.54. The van der Waals surface area contributed by atoms with E-state index in [4.69, 9.17) is 10.6 Å². The predicted molar refractivity (Wildman–Crippen MR) is 60.7 cm³/mol. The molecule has 0 aliphatic carbocycles. The zero-order valence-corrected chi connectivity index (χ0v) is 10.1. The maximum absolute atomic E-state index is 11.7. The fourth-order valence-corrected chi connectivity index (χ4v) is 2.43. The van der Waals surface area contributed by atoms with Crippen LogP contribution in [0.1, 0.15) is 33.1 Å². The molecule has 5 heteroatoms. The Morgan fingerprint density at radius 3 is 2.88 bits per heavy atom. The van der Waals surface area contributed by atoms with E-state index in [1.807, 2.05) is 0 Å². The highest BCUT2D eigenvalue weighted by atomic mass is 16.5. The van der Waals surface area contributed by atoms with Crippen molar-refractivity contribution in [2.24, 2.45) is 5.84 Å². The van der Waals surface area contributed by atoms with Crippen LogP contribution in [-0.4, -0.2) is 47.3 Å². The highest BCUT2D eigenvalue weighted by Crippen LogP contribution is 2.30. The van der Waals surface area contributed by atoms with Gasteiger partial charge in [-0.15, -0.1) is 0 Å². The van der Waals surface area contributed by atoms with Crippen molar-refractivity contribution >= 4 is 6.03 Å².